The zero-order valence-electron chi connectivity index (χ0n) is 13.9. The number of halogens is 1. The maximum Gasteiger partial charge on any atom is 0.264 e. The van der Waals surface area contributed by atoms with Gasteiger partial charge in [-0.15, -0.1) is 11.3 Å². The van der Waals surface area contributed by atoms with Gasteiger partial charge in [-0.2, -0.15) is 0 Å². The van der Waals surface area contributed by atoms with Crippen molar-refractivity contribution in [1.29, 1.82) is 0 Å². The summed E-state index contributed by atoms with van der Waals surface area (Å²) in [5.74, 6) is -0.416. The summed E-state index contributed by atoms with van der Waals surface area (Å²) in [6, 6.07) is 9.09. The Morgan fingerprint density at radius 3 is 2.40 bits per heavy atom. The number of piperazine rings is 1. The number of rotatable bonds is 4. The average molecular weight is 361 g/mol. The molecule has 1 aromatic carbocycles. The van der Waals surface area contributed by atoms with Crippen LogP contribution in [-0.2, 0) is 4.79 Å². The van der Waals surface area contributed by atoms with Crippen LogP contribution in [0.5, 0.6) is 0 Å². The second-order valence-corrected chi connectivity index (χ2v) is 6.93. The number of hydrogen-bond donors (Lipinski definition) is 1. The first-order valence-corrected chi connectivity index (χ1v) is 9.06. The van der Waals surface area contributed by atoms with Crippen molar-refractivity contribution in [2.75, 3.05) is 31.5 Å². The quantitative estimate of drug-likeness (QED) is 0.911. The minimum absolute atomic E-state index is 0.0538. The van der Waals surface area contributed by atoms with Gasteiger partial charge in [0.2, 0.25) is 5.91 Å². The van der Waals surface area contributed by atoms with Crippen LogP contribution >= 0.6 is 11.3 Å². The summed E-state index contributed by atoms with van der Waals surface area (Å²) in [5.41, 5.74) is 0.574. The standard InChI is InChI=1S/C18H20FN3O2S/c1-13(17(23)20-15-6-4-14(19)5-7-15)21-8-10-22(11-9-21)18(24)16-3-2-12-25-16/h2-7,12-13H,8-11H2,1H3,(H,20,23). The first-order chi connectivity index (χ1) is 12.0. The number of amides is 2. The SMILES string of the molecule is CC(C(=O)Nc1ccc(F)cc1)N1CCN(C(=O)c2cccs2)CC1. The lowest BCUT2D eigenvalue weighted by molar-refractivity contribution is -0.121. The van der Waals surface area contributed by atoms with E-state index in [0.717, 1.165) is 4.88 Å². The molecule has 2 aromatic rings. The lowest BCUT2D eigenvalue weighted by Crippen LogP contribution is -2.53. The molecule has 0 aliphatic carbocycles. The molecular formula is C18H20FN3O2S. The fourth-order valence-corrected chi connectivity index (χ4v) is 3.50. The van der Waals surface area contributed by atoms with Gasteiger partial charge >= 0.3 is 0 Å². The van der Waals surface area contributed by atoms with Crippen LogP contribution in [0.3, 0.4) is 0 Å². The molecule has 0 radical (unpaired) electrons. The van der Waals surface area contributed by atoms with Crippen LogP contribution in [0.4, 0.5) is 10.1 Å². The Morgan fingerprint density at radius 2 is 1.80 bits per heavy atom. The van der Waals surface area contributed by atoms with Crippen molar-refractivity contribution in [2.24, 2.45) is 0 Å². The molecule has 0 saturated carbocycles. The molecule has 1 unspecified atom stereocenters. The predicted molar refractivity (Wildman–Crippen MR) is 96.3 cm³/mol. The molecule has 1 aliphatic heterocycles. The van der Waals surface area contributed by atoms with Crippen molar-refractivity contribution in [3.63, 3.8) is 0 Å². The fourth-order valence-electron chi connectivity index (χ4n) is 2.81. The van der Waals surface area contributed by atoms with Gasteiger partial charge < -0.3 is 10.2 Å². The molecule has 2 heterocycles. The summed E-state index contributed by atoms with van der Waals surface area (Å²) >= 11 is 1.44. The van der Waals surface area contributed by atoms with Crippen molar-refractivity contribution >= 4 is 28.8 Å². The minimum atomic E-state index is -0.336. The van der Waals surface area contributed by atoms with Crippen molar-refractivity contribution in [1.82, 2.24) is 9.80 Å². The molecule has 0 bridgehead atoms. The molecule has 1 aliphatic rings. The van der Waals surface area contributed by atoms with E-state index in [0.29, 0.717) is 31.9 Å². The van der Waals surface area contributed by atoms with Crippen LogP contribution < -0.4 is 5.32 Å². The molecule has 1 aromatic heterocycles. The van der Waals surface area contributed by atoms with E-state index in [2.05, 4.69) is 10.2 Å². The number of hydrogen-bond acceptors (Lipinski definition) is 4. The molecule has 1 fully saturated rings. The number of benzene rings is 1. The topological polar surface area (TPSA) is 52.7 Å². The van der Waals surface area contributed by atoms with Gasteiger partial charge in [0.25, 0.3) is 5.91 Å². The summed E-state index contributed by atoms with van der Waals surface area (Å²) in [6.07, 6.45) is 0. The number of nitrogens with zero attached hydrogens (tertiary/aromatic N) is 2. The maximum atomic E-state index is 12.9. The fraction of sp³-hybridized carbons (Fsp3) is 0.333. The second-order valence-electron chi connectivity index (χ2n) is 5.98. The zero-order valence-corrected chi connectivity index (χ0v) is 14.8. The molecule has 3 rings (SSSR count). The van der Waals surface area contributed by atoms with E-state index >= 15 is 0 Å². The monoisotopic (exact) mass is 361 g/mol. The molecule has 1 saturated heterocycles. The normalized spacial score (nSPS) is 16.5. The molecule has 7 heteroatoms. The van der Waals surface area contributed by atoms with E-state index < -0.39 is 0 Å². The lowest BCUT2D eigenvalue weighted by atomic mass is 10.2. The van der Waals surface area contributed by atoms with Crippen LogP contribution in [0.15, 0.2) is 41.8 Å². The summed E-state index contributed by atoms with van der Waals surface area (Å²) in [5, 5.41) is 4.69. The first kappa shape index (κ1) is 17.6. The summed E-state index contributed by atoms with van der Waals surface area (Å²) in [7, 11) is 0. The highest BCUT2D eigenvalue weighted by molar-refractivity contribution is 7.12. The van der Waals surface area contributed by atoms with Gasteiger partial charge in [-0.1, -0.05) is 6.07 Å². The third kappa shape index (κ3) is 4.24. The van der Waals surface area contributed by atoms with Gasteiger partial charge in [0.05, 0.1) is 10.9 Å². The Bertz CT molecular complexity index is 725. The van der Waals surface area contributed by atoms with Crippen molar-refractivity contribution < 1.29 is 14.0 Å². The van der Waals surface area contributed by atoms with Crippen LogP contribution in [0.1, 0.15) is 16.6 Å². The largest absolute Gasteiger partial charge is 0.335 e. The zero-order chi connectivity index (χ0) is 17.8. The van der Waals surface area contributed by atoms with E-state index in [-0.39, 0.29) is 23.7 Å². The molecule has 0 spiro atoms. The van der Waals surface area contributed by atoms with Gasteiger partial charge in [-0.3, -0.25) is 14.5 Å². The van der Waals surface area contributed by atoms with Gasteiger partial charge in [-0.25, -0.2) is 4.39 Å². The summed E-state index contributed by atoms with van der Waals surface area (Å²) in [4.78, 5) is 29.3. The Kier molecular flexibility index (Phi) is 5.45. The van der Waals surface area contributed by atoms with Crippen molar-refractivity contribution in [2.45, 2.75) is 13.0 Å². The first-order valence-electron chi connectivity index (χ1n) is 8.18. The summed E-state index contributed by atoms with van der Waals surface area (Å²) < 4.78 is 12.9. The Morgan fingerprint density at radius 1 is 1.12 bits per heavy atom. The summed E-state index contributed by atoms with van der Waals surface area (Å²) in [6.45, 7) is 4.34. The number of nitrogens with one attached hydrogen (secondary N) is 1. The van der Waals surface area contributed by atoms with Gasteiger partial charge in [-0.05, 0) is 42.6 Å². The van der Waals surface area contributed by atoms with Gasteiger partial charge in [0.1, 0.15) is 5.82 Å². The molecule has 2 amide bonds. The lowest BCUT2D eigenvalue weighted by Gasteiger charge is -2.37. The number of anilines is 1. The molecule has 5 nitrogen and oxygen atoms in total. The number of carbonyl (C=O) groups excluding carboxylic acids is 2. The third-order valence-corrected chi connectivity index (χ3v) is 5.23. The maximum absolute atomic E-state index is 12.9. The molecule has 132 valence electrons. The highest BCUT2D eigenvalue weighted by Gasteiger charge is 2.28. The second kappa shape index (κ2) is 7.76. The van der Waals surface area contributed by atoms with Crippen LogP contribution in [0.2, 0.25) is 0 Å². The molecule has 1 atom stereocenters. The predicted octanol–water partition coefficient (Wildman–Crippen LogP) is 2.67. The number of carbonyl (C=O) groups is 2. The Labute approximate surface area is 150 Å². The Hall–Kier alpha value is -2.25. The van der Waals surface area contributed by atoms with E-state index in [1.54, 1.807) is 0 Å². The van der Waals surface area contributed by atoms with Crippen LogP contribution in [-0.4, -0.2) is 53.8 Å². The highest BCUT2D eigenvalue weighted by atomic mass is 32.1. The molecular weight excluding hydrogens is 341 g/mol. The van der Waals surface area contributed by atoms with Crippen molar-refractivity contribution in [3.05, 3.63) is 52.5 Å². The minimum Gasteiger partial charge on any atom is -0.335 e. The Balaban J connectivity index is 1.52. The molecule has 1 N–H and O–H groups in total. The molecule has 25 heavy (non-hydrogen) atoms. The van der Waals surface area contributed by atoms with E-state index in [9.17, 15) is 14.0 Å². The van der Waals surface area contributed by atoms with E-state index in [1.807, 2.05) is 29.3 Å². The number of thiophene rings is 1. The van der Waals surface area contributed by atoms with Gasteiger partial charge in [0, 0.05) is 31.9 Å². The van der Waals surface area contributed by atoms with Crippen LogP contribution in [0, 0.1) is 5.82 Å². The van der Waals surface area contributed by atoms with E-state index in [4.69, 9.17) is 0 Å². The van der Waals surface area contributed by atoms with Gasteiger partial charge in [0.15, 0.2) is 0 Å². The van der Waals surface area contributed by atoms with Crippen molar-refractivity contribution in [3.8, 4) is 0 Å². The van der Waals surface area contributed by atoms with Crippen LogP contribution in [0.25, 0.3) is 0 Å². The smallest absolute Gasteiger partial charge is 0.264 e. The highest BCUT2D eigenvalue weighted by Crippen LogP contribution is 2.16. The third-order valence-electron chi connectivity index (χ3n) is 4.37. The van der Waals surface area contributed by atoms with E-state index in [1.165, 1.54) is 35.6 Å². The average Bonchev–Trinajstić information content (AvgIpc) is 3.17.